The second-order valence-electron chi connectivity index (χ2n) is 4.92. The molecule has 0 atom stereocenters. The van der Waals surface area contributed by atoms with Crippen LogP contribution in [0, 0.1) is 17.2 Å². The van der Waals surface area contributed by atoms with Gasteiger partial charge in [-0.3, -0.25) is 0 Å². The van der Waals surface area contributed by atoms with Crippen molar-refractivity contribution < 1.29 is 0 Å². The summed E-state index contributed by atoms with van der Waals surface area (Å²) >= 11 is 0. The Kier molecular flexibility index (Phi) is 3.53. The van der Waals surface area contributed by atoms with Gasteiger partial charge >= 0.3 is 0 Å². The van der Waals surface area contributed by atoms with Gasteiger partial charge in [0.15, 0.2) is 0 Å². The Morgan fingerprint density at radius 2 is 2.12 bits per heavy atom. The van der Waals surface area contributed by atoms with E-state index in [0.29, 0.717) is 11.3 Å². The fourth-order valence-electron chi connectivity index (χ4n) is 2.65. The van der Waals surface area contributed by atoms with Gasteiger partial charge in [0.1, 0.15) is 0 Å². The molecule has 0 radical (unpaired) electrons. The van der Waals surface area contributed by atoms with Crippen LogP contribution in [0.15, 0.2) is 18.2 Å². The summed E-state index contributed by atoms with van der Waals surface area (Å²) in [5.41, 5.74) is 8.34. The minimum absolute atomic E-state index is 0.625. The lowest BCUT2D eigenvalue weighted by Crippen LogP contribution is -2.24. The molecule has 0 saturated heterocycles. The van der Waals surface area contributed by atoms with Crippen LogP contribution in [0.4, 0.5) is 11.4 Å². The van der Waals surface area contributed by atoms with Gasteiger partial charge in [0.05, 0.1) is 23.0 Å². The Labute approximate surface area is 103 Å². The van der Waals surface area contributed by atoms with Gasteiger partial charge in [-0.05, 0) is 37.0 Å². The molecule has 1 fully saturated rings. The van der Waals surface area contributed by atoms with E-state index in [0.717, 1.165) is 18.2 Å². The highest BCUT2D eigenvalue weighted by molar-refractivity contribution is 5.69. The standard InChI is InChI=1S/C14H19N3/c1-17(10-11-4-2-3-5-11)14-7-6-12(9-15)8-13(14)16/h6-8,11H,2-5,10,16H2,1H3. The average molecular weight is 229 g/mol. The van der Waals surface area contributed by atoms with Gasteiger partial charge < -0.3 is 10.6 Å². The van der Waals surface area contributed by atoms with E-state index in [1.807, 2.05) is 12.1 Å². The molecule has 0 unspecified atom stereocenters. The first-order valence-corrected chi connectivity index (χ1v) is 6.21. The van der Waals surface area contributed by atoms with Crippen molar-refractivity contribution in [1.29, 1.82) is 5.26 Å². The SMILES string of the molecule is CN(CC1CCCC1)c1ccc(C#N)cc1N. The van der Waals surface area contributed by atoms with Crippen molar-refractivity contribution in [3.63, 3.8) is 0 Å². The lowest BCUT2D eigenvalue weighted by molar-refractivity contribution is 0.547. The van der Waals surface area contributed by atoms with E-state index < -0.39 is 0 Å². The van der Waals surface area contributed by atoms with Crippen molar-refractivity contribution in [2.24, 2.45) is 5.92 Å². The lowest BCUT2D eigenvalue weighted by atomic mass is 10.1. The number of nitriles is 1. The summed E-state index contributed by atoms with van der Waals surface area (Å²) in [6, 6.07) is 7.64. The Morgan fingerprint density at radius 3 is 2.71 bits per heavy atom. The molecule has 3 nitrogen and oxygen atoms in total. The molecule has 3 heteroatoms. The van der Waals surface area contributed by atoms with Gasteiger partial charge in [-0.2, -0.15) is 5.26 Å². The molecule has 0 aromatic heterocycles. The van der Waals surface area contributed by atoms with Gasteiger partial charge in [-0.1, -0.05) is 12.8 Å². The van der Waals surface area contributed by atoms with Crippen molar-refractivity contribution in [1.82, 2.24) is 0 Å². The van der Waals surface area contributed by atoms with Crippen LogP contribution in [0.25, 0.3) is 0 Å². The van der Waals surface area contributed by atoms with Gasteiger partial charge in [0.25, 0.3) is 0 Å². The van der Waals surface area contributed by atoms with Crippen molar-refractivity contribution in [2.75, 3.05) is 24.2 Å². The van der Waals surface area contributed by atoms with Crippen LogP contribution in [-0.4, -0.2) is 13.6 Å². The molecule has 0 heterocycles. The number of hydrogen-bond acceptors (Lipinski definition) is 3. The Bertz CT molecular complexity index is 428. The number of rotatable bonds is 3. The van der Waals surface area contributed by atoms with Crippen LogP contribution < -0.4 is 10.6 Å². The first-order chi connectivity index (χ1) is 8.20. The highest BCUT2D eigenvalue weighted by atomic mass is 15.1. The maximum absolute atomic E-state index is 8.80. The Balaban J connectivity index is 2.08. The molecule has 1 aliphatic carbocycles. The summed E-state index contributed by atoms with van der Waals surface area (Å²) in [5.74, 6) is 0.801. The third-order valence-corrected chi connectivity index (χ3v) is 3.57. The van der Waals surface area contributed by atoms with Gasteiger partial charge in [-0.15, -0.1) is 0 Å². The monoisotopic (exact) mass is 229 g/mol. The Hall–Kier alpha value is -1.69. The first-order valence-electron chi connectivity index (χ1n) is 6.21. The molecule has 0 bridgehead atoms. The quantitative estimate of drug-likeness (QED) is 0.811. The predicted molar refractivity (Wildman–Crippen MR) is 70.8 cm³/mol. The topological polar surface area (TPSA) is 53.0 Å². The molecular formula is C14H19N3. The minimum atomic E-state index is 0.625. The third-order valence-electron chi connectivity index (χ3n) is 3.57. The zero-order valence-electron chi connectivity index (χ0n) is 10.3. The number of benzene rings is 1. The number of nitrogen functional groups attached to an aromatic ring is 1. The molecule has 0 aliphatic heterocycles. The Morgan fingerprint density at radius 1 is 1.41 bits per heavy atom. The third kappa shape index (κ3) is 2.71. The summed E-state index contributed by atoms with van der Waals surface area (Å²) in [5, 5.41) is 8.80. The van der Waals surface area contributed by atoms with E-state index in [4.69, 9.17) is 11.0 Å². The maximum atomic E-state index is 8.80. The van der Waals surface area contributed by atoms with E-state index in [9.17, 15) is 0 Å². The first kappa shape index (κ1) is 11.8. The second kappa shape index (κ2) is 5.09. The number of nitrogens with zero attached hydrogens (tertiary/aromatic N) is 2. The molecule has 2 rings (SSSR count). The van der Waals surface area contributed by atoms with Crippen molar-refractivity contribution in [3.8, 4) is 6.07 Å². The van der Waals surface area contributed by atoms with E-state index in [-0.39, 0.29) is 0 Å². The van der Waals surface area contributed by atoms with Crippen LogP contribution in [-0.2, 0) is 0 Å². The summed E-state index contributed by atoms with van der Waals surface area (Å²) in [6.45, 7) is 1.07. The maximum Gasteiger partial charge on any atom is 0.0992 e. The zero-order valence-corrected chi connectivity index (χ0v) is 10.3. The molecule has 0 amide bonds. The molecular weight excluding hydrogens is 210 g/mol. The number of nitrogens with two attached hydrogens (primary N) is 1. The minimum Gasteiger partial charge on any atom is -0.397 e. The summed E-state index contributed by atoms with van der Waals surface area (Å²) < 4.78 is 0. The van der Waals surface area contributed by atoms with Crippen LogP contribution in [0.2, 0.25) is 0 Å². The number of hydrogen-bond donors (Lipinski definition) is 1. The van der Waals surface area contributed by atoms with Crippen molar-refractivity contribution in [2.45, 2.75) is 25.7 Å². The molecule has 90 valence electrons. The highest BCUT2D eigenvalue weighted by Gasteiger charge is 2.17. The predicted octanol–water partition coefficient (Wildman–Crippen LogP) is 2.77. The molecule has 1 saturated carbocycles. The van der Waals surface area contributed by atoms with E-state index >= 15 is 0 Å². The van der Waals surface area contributed by atoms with Gasteiger partial charge in [0.2, 0.25) is 0 Å². The van der Waals surface area contributed by atoms with Crippen molar-refractivity contribution >= 4 is 11.4 Å². The normalized spacial score (nSPS) is 15.8. The molecule has 1 aliphatic rings. The molecule has 2 N–H and O–H groups in total. The summed E-state index contributed by atoms with van der Waals surface area (Å²) in [4.78, 5) is 2.21. The lowest BCUT2D eigenvalue weighted by Gasteiger charge is -2.24. The van der Waals surface area contributed by atoms with Crippen molar-refractivity contribution in [3.05, 3.63) is 23.8 Å². The highest BCUT2D eigenvalue weighted by Crippen LogP contribution is 2.29. The van der Waals surface area contributed by atoms with Crippen LogP contribution >= 0.6 is 0 Å². The molecule has 17 heavy (non-hydrogen) atoms. The molecule has 1 aromatic rings. The second-order valence-corrected chi connectivity index (χ2v) is 4.92. The van der Waals surface area contributed by atoms with Crippen LogP contribution in [0.1, 0.15) is 31.2 Å². The number of anilines is 2. The zero-order chi connectivity index (χ0) is 12.3. The van der Waals surface area contributed by atoms with Crippen LogP contribution in [0.3, 0.4) is 0 Å². The van der Waals surface area contributed by atoms with Crippen LogP contribution in [0.5, 0.6) is 0 Å². The van der Waals surface area contributed by atoms with Gasteiger partial charge in [0, 0.05) is 13.6 Å². The van der Waals surface area contributed by atoms with E-state index in [1.54, 1.807) is 6.07 Å². The average Bonchev–Trinajstić information content (AvgIpc) is 2.81. The van der Waals surface area contributed by atoms with E-state index in [2.05, 4.69) is 18.0 Å². The van der Waals surface area contributed by atoms with Gasteiger partial charge in [-0.25, -0.2) is 0 Å². The largest absolute Gasteiger partial charge is 0.397 e. The molecule has 0 spiro atoms. The molecule has 1 aromatic carbocycles. The summed E-state index contributed by atoms with van der Waals surface area (Å²) in [7, 11) is 2.08. The fraction of sp³-hybridized carbons (Fsp3) is 0.500. The summed E-state index contributed by atoms with van der Waals surface area (Å²) in [6.07, 6.45) is 5.39. The fourth-order valence-corrected chi connectivity index (χ4v) is 2.65. The van der Waals surface area contributed by atoms with E-state index in [1.165, 1.54) is 25.7 Å². The smallest absolute Gasteiger partial charge is 0.0992 e.